The van der Waals surface area contributed by atoms with Gasteiger partial charge in [-0.2, -0.15) is 5.10 Å². The third-order valence-corrected chi connectivity index (χ3v) is 6.67. The number of carbonyl (C=O) groups is 1. The lowest BCUT2D eigenvalue weighted by Crippen LogP contribution is -2.49. The largest absolute Gasteiger partial charge is 0.573 e. The number of nitrogens with zero attached hydrogens (tertiary/aromatic N) is 5. The third kappa shape index (κ3) is 4.90. The van der Waals surface area contributed by atoms with Gasteiger partial charge in [0.1, 0.15) is 5.60 Å². The number of urea groups is 1. The number of hydrogen-bond donors (Lipinski definition) is 2. The molecule has 10 nitrogen and oxygen atoms in total. The number of ether oxygens (including phenoxy) is 2. The molecule has 0 saturated carbocycles. The summed E-state index contributed by atoms with van der Waals surface area (Å²) in [7, 11) is 0. The Labute approximate surface area is 210 Å². The SMILES string of the molecule is CC(C)(NC(=O)N1CC[C@]2(C1)OCCn1nc(-c3cnc(N)c(OC(F)(F)F)c3)cc12)c1ccncc1. The van der Waals surface area contributed by atoms with E-state index in [9.17, 15) is 18.0 Å². The molecule has 0 aromatic carbocycles. The number of nitrogens with one attached hydrogen (secondary N) is 1. The molecule has 13 heteroatoms. The minimum absolute atomic E-state index is 0.226. The highest BCUT2D eigenvalue weighted by molar-refractivity contribution is 5.76. The van der Waals surface area contributed by atoms with E-state index in [-0.39, 0.29) is 11.8 Å². The average Bonchev–Trinajstić information content (AvgIpc) is 3.46. The van der Waals surface area contributed by atoms with Crippen LogP contribution < -0.4 is 15.8 Å². The second-order valence-electron chi connectivity index (χ2n) is 9.60. The van der Waals surface area contributed by atoms with Crippen LogP contribution in [0.3, 0.4) is 0 Å². The van der Waals surface area contributed by atoms with Crippen molar-refractivity contribution in [3.8, 4) is 17.0 Å². The number of nitrogen functional groups attached to an aromatic ring is 1. The molecule has 0 unspecified atom stereocenters. The first-order valence-corrected chi connectivity index (χ1v) is 11.7. The van der Waals surface area contributed by atoms with Gasteiger partial charge in [-0.15, -0.1) is 13.2 Å². The molecule has 1 spiro atoms. The molecular weight excluding hydrogens is 491 g/mol. The molecule has 1 saturated heterocycles. The quantitative estimate of drug-likeness (QED) is 0.544. The van der Waals surface area contributed by atoms with Crippen molar-refractivity contribution in [3.63, 3.8) is 0 Å². The van der Waals surface area contributed by atoms with Crippen molar-refractivity contribution in [3.05, 3.63) is 54.1 Å². The second-order valence-corrected chi connectivity index (χ2v) is 9.60. The standard InChI is InChI=1S/C24H26F3N7O3/c1-22(2,16-3-6-29-7-4-16)31-21(35)33-8-5-23(14-33)19-12-17(32-34(19)9-10-36-23)15-11-18(20(28)30-13-15)37-24(25,26)27/h3-4,6-7,11-13H,5,8-10,14H2,1-2H3,(H2,28,30)(H,31,35)/t23-/m1/s1. The summed E-state index contributed by atoms with van der Waals surface area (Å²) in [6.45, 7) is 5.45. The van der Waals surface area contributed by atoms with Crippen molar-refractivity contribution in [2.45, 2.75) is 44.3 Å². The number of halogens is 3. The van der Waals surface area contributed by atoms with E-state index < -0.39 is 23.3 Å². The summed E-state index contributed by atoms with van der Waals surface area (Å²) in [6, 6.07) is 6.40. The molecule has 5 rings (SSSR count). The lowest BCUT2D eigenvalue weighted by Gasteiger charge is -2.35. The predicted molar refractivity (Wildman–Crippen MR) is 126 cm³/mol. The van der Waals surface area contributed by atoms with Crippen LogP contribution in [-0.2, 0) is 22.4 Å². The predicted octanol–water partition coefficient (Wildman–Crippen LogP) is 3.40. The van der Waals surface area contributed by atoms with Crippen molar-refractivity contribution in [1.82, 2.24) is 30.0 Å². The van der Waals surface area contributed by atoms with Crippen LogP contribution in [0, 0.1) is 0 Å². The van der Waals surface area contributed by atoms with Crippen LogP contribution >= 0.6 is 0 Å². The van der Waals surface area contributed by atoms with Crippen LogP contribution in [0.15, 0.2) is 42.9 Å². The van der Waals surface area contributed by atoms with Gasteiger partial charge >= 0.3 is 12.4 Å². The number of pyridine rings is 2. The van der Waals surface area contributed by atoms with Crippen molar-refractivity contribution in [1.29, 1.82) is 0 Å². The smallest absolute Gasteiger partial charge is 0.402 e. The Balaban J connectivity index is 1.37. The zero-order valence-corrected chi connectivity index (χ0v) is 20.2. The average molecular weight is 518 g/mol. The maximum Gasteiger partial charge on any atom is 0.573 e. The lowest BCUT2D eigenvalue weighted by atomic mass is 9.95. The Morgan fingerprint density at radius 2 is 1.97 bits per heavy atom. The first-order valence-electron chi connectivity index (χ1n) is 11.7. The number of amides is 2. The van der Waals surface area contributed by atoms with Crippen molar-refractivity contribution in [2.75, 3.05) is 25.4 Å². The van der Waals surface area contributed by atoms with Gasteiger partial charge in [0.15, 0.2) is 11.6 Å². The fraction of sp³-hybridized carbons (Fsp3) is 0.417. The summed E-state index contributed by atoms with van der Waals surface area (Å²) in [5, 5.41) is 7.65. The van der Waals surface area contributed by atoms with E-state index in [1.54, 1.807) is 28.0 Å². The Morgan fingerprint density at radius 1 is 1.22 bits per heavy atom. The topological polar surface area (TPSA) is 120 Å². The Bertz CT molecular complexity index is 1310. The van der Waals surface area contributed by atoms with Gasteiger partial charge in [0.25, 0.3) is 0 Å². The number of rotatable bonds is 4. The second kappa shape index (κ2) is 8.91. The summed E-state index contributed by atoms with van der Waals surface area (Å²) < 4.78 is 50.3. The van der Waals surface area contributed by atoms with E-state index in [1.807, 2.05) is 26.0 Å². The number of anilines is 1. The molecular formula is C24H26F3N7O3. The van der Waals surface area contributed by atoms with E-state index in [0.29, 0.717) is 43.9 Å². The molecule has 196 valence electrons. The lowest BCUT2D eigenvalue weighted by molar-refractivity contribution is -0.274. The van der Waals surface area contributed by atoms with Crippen LogP contribution in [0.4, 0.5) is 23.8 Å². The molecule has 1 atom stereocenters. The molecule has 0 bridgehead atoms. The maximum atomic E-state index is 13.2. The van der Waals surface area contributed by atoms with Crippen molar-refractivity contribution in [2.24, 2.45) is 0 Å². The number of hydrogen-bond acceptors (Lipinski definition) is 7. The molecule has 37 heavy (non-hydrogen) atoms. The number of nitrogens with two attached hydrogens (primary N) is 1. The molecule has 0 aliphatic carbocycles. The first-order chi connectivity index (χ1) is 17.5. The van der Waals surface area contributed by atoms with E-state index in [1.165, 1.54) is 6.20 Å². The number of fused-ring (bicyclic) bond motifs is 2. The summed E-state index contributed by atoms with van der Waals surface area (Å²) in [6.07, 6.45) is 0.342. The Kier molecular flexibility index (Phi) is 5.97. The molecule has 3 aromatic rings. The molecule has 3 N–H and O–H groups in total. The summed E-state index contributed by atoms with van der Waals surface area (Å²) >= 11 is 0. The molecule has 5 heterocycles. The zero-order chi connectivity index (χ0) is 26.4. The zero-order valence-electron chi connectivity index (χ0n) is 20.2. The van der Waals surface area contributed by atoms with E-state index >= 15 is 0 Å². The van der Waals surface area contributed by atoms with Gasteiger partial charge in [0.2, 0.25) is 0 Å². The van der Waals surface area contributed by atoms with Gasteiger partial charge < -0.3 is 25.4 Å². The maximum absolute atomic E-state index is 13.2. The molecule has 0 radical (unpaired) electrons. The van der Waals surface area contributed by atoms with E-state index in [2.05, 4.69) is 25.1 Å². The Hall–Kier alpha value is -3.87. The third-order valence-electron chi connectivity index (χ3n) is 6.67. The van der Waals surface area contributed by atoms with E-state index in [0.717, 1.165) is 17.3 Å². The van der Waals surface area contributed by atoms with Crippen molar-refractivity contribution >= 4 is 11.8 Å². The monoisotopic (exact) mass is 517 g/mol. The highest BCUT2D eigenvalue weighted by atomic mass is 19.4. The minimum atomic E-state index is -4.90. The van der Waals surface area contributed by atoms with Crippen molar-refractivity contribution < 1.29 is 27.4 Å². The fourth-order valence-corrected chi connectivity index (χ4v) is 4.77. The molecule has 3 aromatic heterocycles. The van der Waals surface area contributed by atoms with Gasteiger partial charge in [-0.1, -0.05) is 0 Å². The summed E-state index contributed by atoms with van der Waals surface area (Å²) in [5.41, 5.74) is 6.55. The first kappa shape index (κ1) is 24.8. The normalized spacial score (nSPS) is 19.6. The number of carbonyl (C=O) groups excluding carboxylic acids is 1. The summed E-state index contributed by atoms with van der Waals surface area (Å²) in [5.74, 6) is -0.973. The van der Waals surface area contributed by atoms with Crippen LogP contribution in [0.25, 0.3) is 11.3 Å². The Morgan fingerprint density at radius 3 is 2.70 bits per heavy atom. The van der Waals surface area contributed by atoms with Crippen LogP contribution in [0.2, 0.25) is 0 Å². The van der Waals surface area contributed by atoms with Gasteiger partial charge in [-0.05, 0) is 43.7 Å². The molecule has 2 aliphatic heterocycles. The minimum Gasteiger partial charge on any atom is -0.402 e. The number of alkyl halides is 3. The van der Waals surface area contributed by atoms with Gasteiger partial charge in [-0.25, -0.2) is 9.78 Å². The van der Waals surface area contributed by atoms with Gasteiger partial charge in [-0.3, -0.25) is 9.67 Å². The summed E-state index contributed by atoms with van der Waals surface area (Å²) in [4.78, 5) is 22.7. The fourth-order valence-electron chi connectivity index (χ4n) is 4.77. The molecule has 2 aliphatic rings. The van der Waals surface area contributed by atoms with Gasteiger partial charge in [0.05, 0.1) is 36.6 Å². The molecule has 2 amide bonds. The number of aromatic nitrogens is 4. The highest BCUT2D eigenvalue weighted by Gasteiger charge is 2.47. The highest BCUT2D eigenvalue weighted by Crippen LogP contribution is 2.40. The van der Waals surface area contributed by atoms with Crippen LogP contribution in [-0.4, -0.2) is 56.7 Å². The van der Waals surface area contributed by atoms with Gasteiger partial charge in [0, 0.05) is 37.1 Å². The molecule has 1 fully saturated rings. The number of likely N-dealkylation sites (tertiary alicyclic amines) is 1. The van der Waals surface area contributed by atoms with Crippen LogP contribution in [0.5, 0.6) is 5.75 Å². The van der Waals surface area contributed by atoms with Crippen LogP contribution in [0.1, 0.15) is 31.5 Å². The van der Waals surface area contributed by atoms with E-state index in [4.69, 9.17) is 10.5 Å².